The average Bonchev–Trinajstić information content (AvgIpc) is 3.29. The molecule has 13 N–H and O–H groups in total. The van der Waals surface area contributed by atoms with Crippen LogP contribution in [0.4, 0.5) is 0 Å². The largest absolute Gasteiger partial charge is 0.432 e. The smallest absolute Gasteiger partial charge is 0.315 e. The van der Waals surface area contributed by atoms with E-state index in [1.54, 1.807) is 6.92 Å². The molecule has 0 radical (unpaired) electrons. The van der Waals surface area contributed by atoms with E-state index in [0.717, 1.165) is 5.57 Å². The molecule has 4 saturated carbocycles. The zero-order chi connectivity index (χ0) is 50.0. The molecule has 3 heterocycles. The summed E-state index contributed by atoms with van der Waals surface area (Å²) in [6, 6.07) is 0. The third kappa shape index (κ3) is 7.89. The van der Waals surface area contributed by atoms with Crippen LogP contribution in [0.15, 0.2) is 11.6 Å². The van der Waals surface area contributed by atoms with Crippen LogP contribution in [0, 0.1) is 56.7 Å². The summed E-state index contributed by atoms with van der Waals surface area (Å²) in [5.41, 5.74) is -2.84. The van der Waals surface area contributed by atoms with E-state index in [-0.39, 0.29) is 30.1 Å². The maximum Gasteiger partial charge on any atom is 0.315 e. The van der Waals surface area contributed by atoms with Crippen LogP contribution in [0.2, 0.25) is 0 Å². The molecule has 0 spiro atoms. The predicted molar refractivity (Wildman–Crippen MR) is 233 cm³/mol. The average molecular weight is 975 g/mol. The molecule has 0 aromatic rings. The molecule has 3 saturated heterocycles. The Labute approximate surface area is 396 Å². The molecule has 20 heteroatoms. The number of esters is 1. The van der Waals surface area contributed by atoms with Crippen molar-refractivity contribution in [2.24, 2.45) is 56.7 Å². The van der Waals surface area contributed by atoms with Gasteiger partial charge in [0.05, 0.1) is 49.7 Å². The fraction of sp³-hybridized carbons (Fsp3) is 0.938. The molecule has 7 fully saturated rings. The lowest BCUT2D eigenvalue weighted by Crippen LogP contribution is -2.71. The van der Waals surface area contributed by atoms with Gasteiger partial charge in [-0.05, 0) is 91.8 Å². The van der Waals surface area contributed by atoms with Gasteiger partial charge in [0.25, 0.3) is 0 Å². The van der Waals surface area contributed by atoms with E-state index in [9.17, 15) is 66.4 Å². The van der Waals surface area contributed by atoms with Gasteiger partial charge < -0.3 is 94.8 Å². The summed E-state index contributed by atoms with van der Waals surface area (Å²) in [5, 5.41) is 142. The van der Waals surface area contributed by atoms with Crippen LogP contribution < -0.4 is 0 Å². The highest BCUT2D eigenvalue weighted by atomic mass is 16.8. The Bertz CT molecular complexity index is 1860. The van der Waals surface area contributed by atoms with Gasteiger partial charge in [-0.3, -0.25) is 4.79 Å². The Morgan fingerprint density at radius 2 is 1.34 bits per heavy atom. The van der Waals surface area contributed by atoms with Crippen molar-refractivity contribution in [1.29, 1.82) is 0 Å². The normalized spacial score (nSPS) is 57.1. The van der Waals surface area contributed by atoms with Crippen molar-refractivity contribution >= 4 is 5.97 Å². The SMILES string of the molecule is C[C@H]1[C@H](C)CC[C@]2(C(=O)O[C@@H]3O[C@H](CO[C@@H]4O[C@H](CO)[C@@H](O[C@@H]5O[C@@H](C)[C@H](O)[C@@H](O)[C@H]5O)[C@H](O)[C@H]4O)[C@@H](O)[C@H](O)[C@H]3O)CC[C@@]3(C)C(=CC[C@@H]4[C@@]5(C)C[C@@H](O)[C@H](O)[C@@](C)(CO)[C@H]5[C@H](O)C[C@]43C)[C@H]12. The number of carbonyl (C=O) groups is 1. The maximum atomic E-state index is 15.0. The zero-order valence-corrected chi connectivity index (χ0v) is 40.1. The molecule has 68 heavy (non-hydrogen) atoms. The van der Waals surface area contributed by atoms with Gasteiger partial charge in [-0.2, -0.15) is 0 Å². The van der Waals surface area contributed by atoms with Gasteiger partial charge in [-0.25, -0.2) is 0 Å². The Hall–Kier alpha value is -1.51. The van der Waals surface area contributed by atoms with Gasteiger partial charge >= 0.3 is 5.97 Å². The summed E-state index contributed by atoms with van der Waals surface area (Å²) in [6.45, 7) is 12.1. The molecular weight excluding hydrogens is 897 g/mol. The summed E-state index contributed by atoms with van der Waals surface area (Å²) >= 11 is 0. The van der Waals surface area contributed by atoms with E-state index in [1.165, 1.54) is 6.92 Å². The van der Waals surface area contributed by atoms with E-state index in [1.807, 2.05) is 0 Å². The van der Waals surface area contributed by atoms with Gasteiger partial charge in [0.1, 0.15) is 67.1 Å². The second-order valence-corrected chi connectivity index (χ2v) is 23.1. The number of aliphatic hydroxyl groups excluding tert-OH is 13. The van der Waals surface area contributed by atoms with E-state index in [4.69, 9.17) is 28.4 Å². The minimum absolute atomic E-state index is 0.0115. The lowest BCUT2D eigenvalue weighted by molar-refractivity contribution is -0.361. The van der Waals surface area contributed by atoms with Crippen molar-refractivity contribution in [1.82, 2.24) is 0 Å². The number of rotatable bonds is 9. The van der Waals surface area contributed by atoms with Crippen molar-refractivity contribution < 1.29 is 99.6 Å². The molecular formula is C48H78O20. The number of fused-ring (bicyclic) bond motifs is 7. The van der Waals surface area contributed by atoms with Gasteiger partial charge in [-0.1, -0.05) is 53.2 Å². The number of carbonyl (C=O) groups excluding carboxylic acids is 1. The highest BCUT2D eigenvalue weighted by molar-refractivity contribution is 5.79. The maximum absolute atomic E-state index is 15.0. The first-order valence-electron chi connectivity index (χ1n) is 24.6. The monoisotopic (exact) mass is 975 g/mol. The second kappa shape index (κ2) is 18.8. The van der Waals surface area contributed by atoms with E-state index < -0.39 is 169 Å². The van der Waals surface area contributed by atoms with Crippen LogP contribution in [0.1, 0.15) is 93.4 Å². The molecule has 0 amide bonds. The number of hydrogen-bond donors (Lipinski definition) is 13. The summed E-state index contributed by atoms with van der Waals surface area (Å²) in [5.74, 6) is -1.31. The number of hydrogen-bond acceptors (Lipinski definition) is 20. The third-order valence-corrected chi connectivity index (χ3v) is 19.6. The molecule has 28 atom stereocenters. The molecule has 8 rings (SSSR count). The van der Waals surface area contributed by atoms with Crippen LogP contribution in [0.3, 0.4) is 0 Å². The van der Waals surface area contributed by atoms with E-state index in [0.29, 0.717) is 38.5 Å². The lowest BCUT2D eigenvalue weighted by Gasteiger charge is -2.72. The number of aliphatic hydroxyl groups is 13. The zero-order valence-electron chi connectivity index (χ0n) is 40.1. The minimum Gasteiger partial charge on any atom is -0.432 e. The molecule has 0 bridgehead atoms. The highest BCUT2D eigenvalue weighted by Gasteiger charge is 2.73. The molecule has 3 aliphatic heterocycles. The molecule has 8 aliphatic rings. The molecule has 0 aromatic carbocycles. The highest BCUT2D eigenvalue weighted by Crippen LogP contribution is 2.76. The predicted octanol–water partition coefficient (Wildman–Crippen LogP) is -2.06. The Morgan fingerprint density at radius 3 is 2.00 bits per heavy atom. The van der Waals surface area contributed by atoms with Crippen LogP contribution >= 0.6 is 0 Å². The Balaban J connectivity index is 0.994. The fourth-order valence-electron chi connectivity index (χ4n) is 15.4. The summed E-state index contributed by atoms with van der Waals surface area (Å²) in [4.78, 5) is 15.0. The van der Waals surface area contributed by atoms with E-state index in [2.05, 4.69) is 40.7 Å². The molecule has 20 nitrogen and oxygen atoms in total. The molecule has 5 aliphatic carbocycles. The molecule has 390 valence electrons. The first-order valence-corrected chi connectivity index (χ1v) is 24.6. The Morgan fingerprint density at radius 1 is 0.706 bits per heavy atom. The minimum atomic E-state index is -1.89. The van der Waals surface area contributed by atoms with Crippen LogP contribution in [0.25, 0.3) is 0 Å². The van der Waals surface area contributed by atoms with Crippen molar-refractivity contribution in [3.63, 3.8) is 0 Å². The van der Waals surface area contributed by atoms with E-state index >= 15 is 4.79 Å². The first kappa shape index (κ1) is 52.8. The van der Waals surface area contributed by atoms with Crippen molar-refractivity contribution in [2.45, 2.75) is 204 Å². The van der Waals surface area contributed by atoms with Crippen LogP contribution in [-0.2, 0) is 33.2 Å². The number of allylic oxidation sites excluding steroid dienone is 2. The van der Waals surface area contributed by atoms with Gasteiger partial charge in [0.15, 0.2) is 12.6 Å². The van der Waals surface area contributed by atoms with Gasteiger partial charge in [-0.15, -0.1) is 0 Å². The second-order valence-electron chi connectivity index (χ2n) is 23.1. The van der Waals surface area contributed by atoms with Gasteiger partial charge in [0.2, 0.25) is 6.29 Å². The third-order valence-electron chi connectivity index (χ3n) is 19.6. The van der Waals surface area contributed by atoms with Crippen LogP contribution in [-0.4, -0.2) is 203 Å². The summed E-state index contributed by atoms with van der Waals surface area (Å²) in [7, 11) is 0. The molecule has 0 aromatic heterocycles. The standard InChI is InChI=1S/C48H78O20/c1-19-10-11-48(13-12-46(6)22(28(48)20(19)2)8-9-27-44(4)14-24(52)39(61)45(5,18-50)38(44)23(51)15-47(27,46)7)43(62)68-42-35(59)32(56)30(54)26(66-42)17-63-40-36(60)33(57)37(25(16-49)65-40)67-41-34(58)31(55)29(53)21(3)64-41/h8,19-21,23-42,49-61H,9-18H2,1-7H3/t19-,20+,21+,23-,24-,25-,26-,27-,28+,29+,30-,31-,32+,33-,34-,35-,36-,37-,38+,39+,40-,41+,42+,44-,45+,46+,47-,48+/m1/s1. The van der Waals surface area contributed by atoms with Crippen LogP contribution in [0.5, 0.6) is 0 Å². The van der Waals surface area contributed by atoms with Crippen molar-refractivity contribution in [2.75, 3.05) is 19.8 Å². The summed E-state index contributed by atoms with van der Waals surface area (Å²) in [6.07, 6.45) is -22.3. The number of ether oxygens (including phenoxy) is 6. The van der Waals surface area contributed by atoms with Gasteiger partial charge in [0, 0.05) is 11.3 Å². The summed E-state index contributed by atoms with van der Waals surface area (Å²) < 4.78 is 34.6. The fourth-order valence-corrected chi connectivity index (χ4v) is 15.4. The quantitative estimate of drug-likeness (QED) is 0.0873. The molecule has 0 unspecified atom stereocenters. The lowest BCUT2D eigenvalue weighted by atomic mass is 9.32. The topological polar surface area (TPSA) is 335 Å². The Kier molecular flexibility index (Phi) is 14.6. The van der Waals surface area contributed by atoms with Crippen molar-refractivity contribution in [3.05, 3.63) is 11.6 Å². The van der Waals surface area contributed by atoms with Crippen molar-refractivity contribution in [3.8, 4) is 0 Å². The first-order chi connectivity index (χ1) is 31.8.